The summed E-state index contributed by atoms with van der Waals surface area (Å²) < 4.78 is 27.8. The molecule has 0 aromatic heterocycles. The third-order valence-corrected chi connectivity index (χ3v) is 4.90. The zero-order chi connectivity index (χ0) is 15.6. The van der Waals surface area contributed by atoms with Crippen molar-refractivity contribution in [2.75, 3.05) is 31.2 Å². The third-order valence-electron chi connectivity index (χ3n) is 3.29. The first kappa shape index (κ1) is 16.9. The molecule has 0 saturated carbocycles. The summed E-state index contributed by atoms with van der Waals surface area (Å²) in [6.45, 7) is 7.59. The number of carbonyl (C=O) groups excluding carboxylic acids is 2. The fourth-order valence-corrected chi connectivity index (χ4v) is 3.37. The largest absolute Gasteiger partial charge is 0.465 e. The Morgan fingerprint density at radius 3 is 2.10 bits per heavy atom. The van der Waals surface area contributed by atoms with E-state index in [2.05, 4.69) is 0 Å². The molecule has 1 saturated heterocycles. The van der Waals surface area contributed by atoms with Gasteiger partial charge in [0.15, 0.2) is 9.84 Å². The highest BCUT2D eigenvalue weighted by Gasteiger charge is 2.42. The predicted octanol–water partition coefficient (Wildman–Crippen LogP) is 0.469. The summed E-state index contributed by atoms with van der Waals surface area (Å²) in [5, 5.41) is 0. The van der Waals surface area contributed by atoms with Gasteiger partial charge in [0, 0.05) is 13.1 Å². The van der Waals surface area contributed by atoms with E-state index < -0.39 is 27.1 Å². The number of amides is 1. The lowest BCUT2D eigenvalue weighted by Gasteiger charge is -2.34. The van der Waals surface area contributed by atoms with Crippen LogP contribution in [0.2, 0.25) is 0 Å². The van der Waals surface area contributed by atoms with Crippen molar-refractivity contribution >= 4 is 21.7 Å². The van der Waals surface area contributed by atoms with Crippen LogP contribution < -0.4 is 0 Å². The lowest BCUT2D eigenvalue weighted by Crippen LogP contribution is -2.51. The van der Waals surface area contributed by atoms with Gasteiger partial charge in [-0.3, -0.25) is 9.59 Å². The molecule has 0 aromatic rings. The summed E-state index contributed by atoms with van der Waals surface area (Å²) >= 11 is 0. The summed E-state index contributed by atoms with van der Waals surface area (Å²) in [6, 6.07) is 0. The average Bonchev–Trinajstić information content (AvgIpc) is 2.27. The molecule has 0 bridgehead atoms. The van der Waals surface area contributed by atoms with E-state index in [1.165, 1.54) is 4.90 Å². The Kier molecular flexibility index (Phi) is 5.18. The molecule has 116 valence electrons. The Morgan fingerprint density at radius 1 is 1.20 bits per heavy atom. The van der Waals surface area contributed by atoms with Crippen LogP contribution in [0, 0.1) is 11.3 Å². The molecule has 0 N–H and O–H groups in total. The first-order valence-electron chi connectivity index (χ1n) is 6.74. The molecular formula is C13H23NO5S. The van der Waals surface area contributed by atoms with Crippen molar-refractivity contribution in [3.8, 4) is 0 Å². The van der Waals surface area contributed by atoms with Crippen LogP contribution in [0.15, 0.2) is 0 Å². The summed E-state index contributed by atoms with van der Waals surface area (Å²) in [4.78, 5) is 26.0. The maximum atomic E-state index is 12.5. The first-order valence-corrected chi connectivity index (χ1v) is 8.56. The number of hydrogen-bond donors (Lipinski definition) is 0. The summed E-state index contributed by atoms with van der Waals surface area (Å²) in [5.74, 6) is -1.87. The highest BCUT2D eigenvalue weighted by Crippen LogP contribution is 2.29. The second-order valence-corrected chi connectivity index (χ2v) is 8.33. The molecule has 1 rings (SSSR count). The lowest BCUT2D eigenvalue weighted by atomic mass is 9.79. The molecule has 0 aromatic carbocycles. The molecule has 7 heteroatoms. The van der Waals surface area contributed by atoms with Gasteiger partial charge in [-0.25, -0.2) is 8.42 Å². The number of ether oxygens (including phenoxy) is 1. The number of rotatable bonds is 3. The predicted molar refractivity (Wildman–Crippen MR) is 74.8 cm³/mol. The highest BCUT2D eigenvalue weighted by molar-refractivity contribution is 7.91. The van der Waals surface area contributed by atoms with Crippen LogP contribution in [0.25, 0.3) is 0 Å². The molecule has 1 heterocycles. The molecule has 0 spiro atoms. The van der Waals surface area contributed by atoms with Crippen LogP contribution in [-0.2, 0) is 24.2 Å². The van der Waals surface area contributed by atoms with Crippen LogP contribution in [0.1, 0.15) is 27.7 Å². The Labute approximate surface area is 120 Å². The summed E-state index contributed by atoms with van der Waals surface area (Å²) in [6.07, 6.45) is 0. The maximum Gasteiger partial charge on any atom is 0.319 e. The van der Waals surface area contributed by atoms with Gasteiger partial charge in [-0.2, -0.15) is 0 Å². The van der Waals surface area contributed by atoms with Crippen molar-refractivity contribution in [3.05, 3.63) is 0 Å². The van der Waals surface area contributed by atoms with Gasteiger partial charge in [0.05, 0.1) is 18.1 Å². The third kappa shape index (κ3) is 4.19. The quantitative estimate of drug-likeness (QED) is 0.559. The molecule has 1 aliphatic rings. The second kappa shape index (κ2) is 6.11. The van der Waals surface area contributed by atoms with E-state index in [4.69, 9.17) is 4.74 Å². The Balaban J connectivity index is 2.87. The number of nitrogens with zero attached hydrogens (tertiary/aromatic N) is 1. The first-order chi connectivity index (χ1) is 9.08. The maximum absolute atomic E-state index is 12.5. The lowest BCUT2D eigenvalue weighted by molar-refractivity contribution is -0.160. The Morgan fingerprint density at radius 2 is 1.70 bits per heavy atom. The van der Waals surface area contributed by atoms with Gasteiger partial charge in [0.25, 0.3) is 0 Å². The minimum atomic E-state index is -3.05. The van der Waals surface area contributed by atoms with Crippen LogP contribution in [0.3, 0.4) is 0 Å². The van der Waals surface area contributed by atoms with Gasteiger partial charge in [0.2, 0.25) is 5.91 Å². The topological polar surface area (TPSA) is 80.8 Å². The van der Waals surface area contributed by atoms with Crippen molar-refractivity contribution < 1.29 is 22.7 Å². The van der Waals surface area contributed by atoms with Gasteiger partial charge in [-0.15, -0.1) is 0 Å². The smallest absolute Gasteiger partial charge is 0.319 e. The van der Waals surface area contributed by atoms with E-state index in [1.54, 1.807) is 27.7 Å². The molecule has 1 atom stereocenters. The second-order valence-electron chi connectivity index (χ2n) is 6.03. The Hall–Kier alpha value is -1.11. The Bertz CT molecular complexity index is 463. The van der Waals surface area contributed by atoms with Gasteiger partial charge in [-0.1, -0.05) is 20.8 Å². The van der Waals surface area contributed by atoms with Crippen LogP contribution >= 0.6 is 0 Å². The van der Waals surface area contributed by atoms with Crippen molar-refractivity contribution in [1.82, 2.24) is 4.90 Å². The molecular weight excluding hydrogens is 282 g/mol. The van der Waals surface area contributed by atoms with Gasteiger partial charge < -0.3 is 9.64 Å². The summed E-state index contributed by atoms with van der Waals surface area (Å²) in [5.41, 5.74) is -0.570. The zero-order valence-corrected chi connectivity index (χ0v) is 13.3. The van der Waals surface area contributed by atoms with E-state index >= 15 is 0 Å². The van der Waals surface area contributed by atoms with E-state index in [-0.39, 0.29) is 37.1 Å². The highest BCUT2D eigenvalue weighted by atomic mass is 32.2. The number of hydrogen-bond acceptors (Lipinski definition) is 5. The SMILES string of the molecule is CCOC(=O)C(C(=O)N1CCS(=O)(=O)CC1)C(C)(C)C. The molecule has 1 unspecified atom stereocenters. The van der Waals surface area contributed by atoms with Gasteiger partial charge >= 0.3 is 5.97 Å². The number of esters is 1. The van der Waals surface area contributed by atoms with Gasteiger partial charge in [0.1, 0.15) is 5.92 Å². The molecule has 0 aliphatic carbocycles. The standard InChI is InChI=1S/C13H23NO5S/c1-5-19-12(16)10(13(2,3)4)11(15)14-6-8-20(17,18)9-7-14/h10H,5-9H2,1-4H3. The fraction of sp³-hybridized carbons (Fsp3) is 0.846. The molecule has 0 radical (unpaired) electrons. The van der Waals surface area contributed by atoms with Crippen molar-refractivity contribution in [2.45, 2.75) is 27.7 Å². The average molecular weight is 305 g/mol. The van der Waals surface area contributed by atoms with Crippen molar-refractivity contribution in [3.63, 3.8) is 0 Å². The van der Waals surface area contributed by atoms with Crippen molar-refractivity contribution in [2.24, 2.45) is 11.3 Å². The van der Waals surface area contributed by atoms with Crippen LogP contribution in [0.5, 0.6) is 0 Å². The van der Waals surface area contributed by atoms with Gasteiger partial charge in [-0.05, 0) is 12.3 Å². The van der Waals surface area contributed by atoms with E-state index in [0.29, 0.717) is 0 Å². The molecule has 20 heavy (non-hydrogen) atoms. The van der Waals surface area contributed by atoms with E-state index in [9.17, 15) is 18.0 Å². The number of sulfone groups is 1. The monoisotopic (exact) mass is 305 g/mol. The van der Waals surface area contributed by atoms with Crippen LogP contribution in [0.4, 0.5) is 0 Å². The minimum Gasteiger partial charge on any atom is -0.465 e. The minimum absolute atomic E-state index is 0.0432. The molecule has 1 amide bonds. The van der Waals surface area contributed by atoms with Crippen LogP contribution in [-0.4, -0.2) is 56.4 Å². The fourth-order valence-electron chi connectivity index (χ4n) is 2.17. The van der Waals surface area contributed by atoms with E-state index in [1.807, 2.05) is 0 Å². The van der Waals surface area contributed by atoms with Crippen molar-refractivity contribution in [1.29, 1.82) is 0 Å². The summed E-state index contributed by atoms with van der Waals surface area (Å²) in [7, 11) is -3.05. The molecule has 6 nitrogen and oxygen atoms in total. The number of carbonyl (C=O) groups is 2. The zero-order valence-electron chi connectivity index (χ0n) is 12.5. The molecule has 1 aliphatic heterocycles. The van der Waals surface area contributed by atoms with E-state index in [0.717, 1.165) is 0 Å². The molecule has 1 fully saturated rings. The normalized spacial score (nSPS) is 20.3.